The van der Waals surface area contributed by atoms with Gasteiger partial charge in [-0.25, -0.2) is 4.79 Å². The predicted molar refractivity (Wildman–Crippen MR) is 88.2 cm³/mol. The van der Waals surface area contributed by atoms with Crippen LogP contribution in [0.2, 0.25) is 10.0 Å². The number of allylic oxidation sites excluding steroid dienone is 1. The number of aliphatic imine (C=N–C) groups is 1. The molecular weight excluding hydrogens is 341 g/mol. The quantitative estimate of drug-likeness (QED) is 0.838. The lowest BCUT2D eigenvalue weighted by Gasteiger charge is -2.30. The summed E-state index contributed by atoms with van der Waals surface area (Å²) in [5.41, 5.74) is 1.51. The Kier molecular flexibility index (Phi) is 5.12. The molecule has 1 aromatic rings. The van der Waals surface area contributed by atoms with E-state index in [1.807, 2.05) is 0 Å². The molecule has 0 amide bonds. The lowest BCUT2D eigenvalue weighted by atomic mass is 9.75. The number of rotatable bonds is 3. The standard InChI is InChI=1S/C16H15Cl2NO4/c1-7-12(15(20)21)14(10-5-4-9(17)6-11(10)18)13(8(2)19-7)16(22)23-3/h4-6,12,14H,1-3H3,(H,20,21)/t12?,14-/m0/s1. The molecule has 0 saturated heterocycles. The first kappa shape index (κ1) is 17.5. The maximum absolute atomic E-state index is 12.2. The molecule has 1 aromatic carbocycles. The zero-order valence-electron chi connectivity index (χ0n) is 12.8. The summed E-state index contributed by atoms with van der Waals surface area (Å²) < 4.78 is 4.81. The molecule has 23 heavy (non-hydrogen) atoms. The van der Waals surface area contributed by atoms with Crippen molar-refractivity contribution in [3.8, 4) is 0 Å². The molecule has 5 nitrogen and oxygen atoms in total. The largest absolute Gasteiger partial charge is 0.481 e. The fraction of sp³-hybridized carbons (Fsp3) is 0.312. The van der Waals surface area contributed by atoms with Gasteiger partial charge in [-0.2, -0.15) is 0 Å². The van der Waals surface area contributed by atoms with Crippen LogP contribution in [-0.4, -0.2) is 29.9 Å². The minimum Gasteiger partial charge on any atom is -0.481 e. The third-order valence-corrected chi connectivity index (χ3v) is 4.36. The topological polar surface area (TPSA) is 76.0 Å². The van der Waals surface area contributed by atoms with Gasteiger partial charge in [0.05, 0.1) is 12.7 Å². The molecule has 7 heteroatoms. The molecular formula is C16H15Cl2NO4. The molecule has 0 aromatic heterocycles. The average Bonchev–Trinajstić information content (AvgIpc) is 2.45. The second-order valence-electron chi connectivity index (χ2n) is 5.20. The monoisotopic (exact) mass is 355 g/mol. The van der Waals surface area contributed by atoms with Gasteiger partial charge in [-0.05, 0) is 31.5 Å². The van der Waals surface area contributed by atoms with E-state index in [0.29, 0.717) is 22.0 Å². The smallest absolute Gasteiger partial charge is 0.336 e. The number of hydrogen-bond donors (Lipinski definition) is 1. The van der Waals surface area contributed by atoms with E-state index in [4.69, 9.17) is 27.9 Å². The van der Waals surface area contributed by atoms with E-state index in [-0.39, 0.29) is 10.6 Å². The van der Waals surface area contributed by atoms with Gasteiger partial charge in [0.1, 0.15) is 5.92 Å². The zero-order chi connectivity index (χ0) is 17.3. The third kappa shape index (κ3) is 3.26. The van der Waals surface area contributed by atoms with Crippen molar-refractivity contribution in [1.82, 2.24) is 0 Å². The highest BCUT2D eigenvalue weighted by atomic mass is 35.5. The van der Waals surface area contributed by atoms with E-state index < -0.39 is 23.8 Å². The van der Waals surface area contributed by atoms with Crippen LogP contribution in [0.25, 0.3) is 0 Å². The van der Waals surface area contributed by atoms with Crippen LogP contribution in [0.3, 0.4) is 0 Å². The van der Waals surface area contributed by atoms with Gasteiger partial charge >= 0.3 is 11.9 Å². The van der Waals surface area contributed by atoms with E-state index in [0.717, 1.165) is 0 Å². The van der Waals surface area contributed by atoms with E-state index in [2.05, 4.69) is 4.99 Å². The summed E-state index contributed by atoms with van der Waals surface area (Å²) in [6, 6.07) is 4.75. The van der Waals surface area contributed by atoms with Crippen LogP contribution >= 0.6 is 23.2 Å². The molecule has 1 N–H and O–H groups in total. The summed E-state index contributed by atoms with van der Waals surface area (Å²) in [6.07, 6.45) is 0. The summed E-state index contributed by atoms with van der Waals surface area (Å²) in [6.45, 7) is 3.26. The van der Waals surface area contributed by atoms with E-state index in [1.165, 1.54) is 13.2 Å². The van der Waals surface area contributed by atoms with Crippen molar-refractivity contribution in [2.45, 2.75) is 19.8 Å². The Bertz CT molecular complexity index is 740. The molecule has 1 aliphatic rings. The normalized spacial score (nSPS) is 21.0. The number of carboxylic acid groups (broad SMARTS) is 1. The Morgan fingerprint density at radius 2 is 1.91 bits per heavy atom. The minimum atomic E-state index is -1.09. The van der Waals surface area contributed by atoms with E-state index >= 15 is 0 Å². The summed E-state index contributed by atoms with van der Waals surface area (Å²) >= 11 is 12.2. The molecule has 0 fully saturated rings. The molecule has 0 aliphatic carbocycles. The maximum Gasteiger partial charge on any atom is 0.336 e. The van der Waals surface area contributed by atoms with Gasteiger partial charge in [-0.1, -0.05) is 29.3 Å². The molecule has 122 valence electrons. The number of halogens is 2. The fourth-order valence-electron chi connectivity index (χ4n) is 2.82. The number of ether oxygens (including phenoxy) is 1. The first-order valence-electron chi connectivity index (χ1n) is 6.80. The number of esters is 1. The number of methoxy groups -OCH3 is 1. The molecule has 1 heterocycles. The molecule has 1 aliphatic heterocycles. The van der Waals surface area contributed by atoms with E-state index in [1.54, 1.807) is 26.0 Å². The van der Waals surface area contributed by atoms with Gasteiger partial charge in [0.25, 0.3) is 0 Å². The van der Waals surface area contributed by atoms with Gasteiger partial charge in [0, 0.05) is 27.4 Å². The summed E-state index contributed by atoms with van der Waals surface area (Å²) in [5.74, 6) is -3.51. The lowest BCUT2D eigenvalue weighted by molar-refractivity contribution is -0.140. The van der Waals surface area contributed by atoms with Gasteiger partial charge in [0.2, 0.25) is 0 Å². The fourth-order valence-corrected chi connectivity index (χ4v) is 3.35. The van der Waals surface area contributed by atoms with Gasteiger partial charge in [0.15, 0.2) is 0 Å². The second kappa shape index (κ2) is 6.72. The molecule has 0 bridgehead atoms. The average molecular weight is 356 g/mol. The van der Waals surface area contributed by atoms with Gasteiger partial charge in [-0.15, -0.1) is 0 Å². The highest BCUT2D eigenvalue weighted by Gasteiger charge is 2.42. The molecule has 0 radical (unpaired) electrons. The maximum atomic E-state index is 12.2. The summed E-state index contributed by atoms with van der Waals surface area (Å²) in [5, 5.41) is 10.3. The van der Waals surface area contributed by atoms with Crippen molar-refractivity contribution in [3.05, 3.63) is 45.1 Å². The first-order chi connectivity index (χ1) is 10.8. The van der Waals surface area contributed by atoms with Gasteiger partial charge in [-0.3, -0.25) is 9.79 Å². The molecule has 0 saturated carbocycles. The van der Waals surface area contributed by atoms with Crippen LogP contribution in [0.15, 0.2) is 34.5 Å². The highest BCUT2D eigenvalue weighted by Crippen LogP contribution is 2.42. The summed E-state index contributed by atoms with van der Waals surface area (Å²) in [7, 11) is 1.24. The lowest BCUT2D eigenvalue weighted by Crippen LogP contribution is -2.35. The van der Waals surface area contributed by atoms with Crippen molar-refractivity contribution >= 4 is 40.9 Å². The van der Waals surface area contributed by atoms with Crippen LogP contribution in [0.4, 0.5) is 0 Å². The predicted octanol–water partition coefficient (Wildman–Crippen LogP) is 3.70. The molecule has 2 rings (SSSR count). The number of benzene rings is 1. The minimum absolute atomic E-state index is 0.190. The molecule has 2 atom stereocenters. The Balaban J connectivity index is 2.72. The number of nitrogens with zero attached hydrogens (tertiary/aromatic N) is 1. The number of hydrogen-bond acceptors (Lipinski definition) is 4. The number of carbonyl (C=O) groups excluding carboxylic acids is 1. The van der Waals surface area contributed by atoms with E-state index in [9.17, 15) is 14.7 Å². The van der Waals surface area contributed by atoms with Crippen molar-refractivity contribution in [2.24, 2.45) is 10.9 Å². The van der Waals surface area contributed by atoms with Crippen molar-refractivity contribution in [2.75, 3.05) is 7.11 Å². The van der Waals surface area contributed by atoms with Crippen LogP contribution in [0.5, 0.6) is 0 Å². The van der Waals surface area contributed by atoms with Crippen molar-refractivity contribution < 1.29 is 19.4 Å². The van der Waals surface area contributed by atoms with Crippen molar-refractivity contribution in [1.29, 1.82) is 0 Å². The molecule has 1 unspecified atom stereocenters. The van der Waals surface area contributed by atoms with Crippen LogP contribution < -0.4 is 0 Å². The van der Waals surface area contributed by atoms with Crippen LogP contribution in [0.1, 0.15) is 25.3 Å². The zero-order valence-corrected chi connectivity index (χ0v) is 14.3. The van der Waals surface area contributed by atoms with Crippen molar-refractivity contribution in [3.63, 3.8) is 0 Å². The SMILES string of the molecule is COC(=O)C1=C(C)N=C(C)C(C(=O)O)[C@@H]1c1ccc(Cl)cc1Cl. The van der Waals surface area contributed by atoms with Crippen LogP contribution in [-0.2, 0) is 14.3 Å². The second-order valence-corrected chi connectivity index (χ2v) is 6.05. The van der Waals surface area contributed by atoms with Gasteiger partial charge < -0.3 is 9.84 Å². The number of carbonyl (C=O) groups is 2. The molecule has 0 spiro atoms. The Hall–Kier alpha value is -1.85. The first-order valence-corrected chi connectivity index (χ1v) is 7.55. The Morgan fingerprint density at radius 1 is 1.26 bits per heavy atom. The number of aliphatic carboxylic acids is 1. The van der Waals surface area contributed by atoms with Crippen LogP contribution in [0, 0.1) is 5.92 Å². The summed E-state index contributed by atoms with van der Waals surface area (Å²) in [4.78, 5) is 28.2. The Labute approximate surface area is 143 Å². The Morgan fingerprint density at radius 3 is 2.43 bits per heavy atom. The third-order valence-electron chi connectivity index (χ3n) is 3.80. The highest BCUT2D eigenvalue weighted by molar-refractivity contribution is 6.35. The number of carboxylic acids is 1.